The van der Waals surface area contributed by atoms with Crippen LogP contribution in [0.3, 0.4) is 0 Å². The van der Waals surface area contributed by atoms with Gasteiger partial charge in [0.1, 0.15) is 11.5 Å². The van der Waals surface area contributed by atoms with Crippen LogP contribution in [-0.4, -0.2) is 11.1 Å². The van der Waals surface area contributed by atoms with Gasteiger partial charge in [0.2, 0.25) is 0 Å². The number of carbonyl (C=O) groups excluding carboxylic acids is 1. The van der Waals surface area contributed by atoms with E-state index in [0.717, 1.165) is 15.7 Å². The van der Waals surface area contributed by atoms with Crippen molar-refractivity contribution in [2.75, 3.05) is 0 Å². The average molecular weight is 494 g/mol. The minimum absolute atomic E-state index is 0.221. The van der Waals surface area contributed by atoms with Crippen molar-refractivity contribution in [1.82, 2.24) is 5.32 Å². The molecule has 28 heavy (non-hydrogen) atoms. The Morgan fingerprint density at radius 1 is 1.11 bits per heavy atom. The van der Waals surface area contributed by atoms with Crippen LogP contribution in [0.15, 0.2) is 73.4 Å². The van der Waals surface area contributed by atoms with E-state index in [9.17, 15) is 4.79 Å². The highest BCUT2D eigenvalue weighted by atomic mass is 79.9. The monoisotopic (exact) mass is 492 g/mol. The molecule has 1 aromatic heterocycles. The van der Waals surface area contributed by atoms with Gasteiger partial charge >= 0.3 is 0 Å². The Morgan fingerprint density at radius 2 is 1.96 bits per heavy atom. The molecule has 1 amide bonds. The van der Waals surface area contributed by atoms with E-state index in [-0.39, 0.29) is 5.91 Å². The van der Waals surface area contributed by atoms with Crippen molar-refractivity contribution in [2.45, 2.75) is 0 Å². The van der Waals surface area contributed by atoms with Gasteiger partial charge in [0.15, 0.2) is 5.17 Å². The summed E-state index contributed by atoms with van der Waals surface area (Å²) in [6, 6.07) is 16.3. The summed E-state index contributed by atoms with van der Waals surface area (Å²) in [5.74, 6) is 0.920. The fourth-order valence-electron chi connectivity index (χ4n) is 2.54. The number of thioether (sulfide) groups is 1. The number of nitrogens with zero attached hydrogens (tertiary/aromatic N) is 1. The van der Waals surface area contributed by atoms with Crippen LogP contribution in [0.1, 0.15) is 5.76 Å². The van der Waals surface area contributed by atoms with E-state index < -0.39 is 0 Å². The number of amides is 1. The van der Waals surface area contributed by atoms with Crippen molar-refractivity contribution < 1.29 is 9.21 Å². The van der Waals surface area contributed by atoms with Crippen LogP contribution >= 0.6 is 50.9 Å². The molecule has 0 spiro atoms. The smallest absolute Gasteiger partial charge is 0.264 e. The minimum atomic E-state index is -0.221. The van der Waals surface area contributed by atoms with Gasteiger partial charge in [-0.25, -0.2) is 4.99 Å². The maximum absolute atomic E-state index is 12.2. The predicted octanol–water partition coefficient (Wildman–Crippen LogP) is 6.91. The number of hydrogen-bond donors (Lipinski definition) is 1. The number of rotatable bonds is 3. The molecule has 2 aromatic carbocycles. The summed E-state index contributed by atoms with van der Waals surface area (Å²) in [6.45, 7) is 0. The van der Waals surface area contributed by atoms with Gasteiger partial charge in [-0.2, -0.15) is 0 Å². The standard InChI is InChI=1S/C20H11BrCl2N2O2S/c21-11-2-1-3-13(8-11)24-20-25-19(26)18(28-20)10-14-5-7-17(27-14)15-6-4-12(22)9-16(15)23/h1-10H,(H,24,25,26)/b18-10+. The lowest BCUT2D eigenvalue weighted by molar-refractivity contribution is -0.115. The van der Waals surface area contributed by atoms with Gasteiger partial charge in [-0.1, -0.05) is 45.2 Å². The van der Waals surface area contributed by atoms with E-state index in [4.69, 9.17) is 27.6 Å². The molecule has 1 N–H and O–H groups in total. The molecule has 4 rings (SSSR count). The number of carbonyl (C=O) groups is 1. The maximum atomic E-state index is 12.2. The predicted molar refractivity (Wildman–Crippen MR) is 119 cm³/mol. The Bertz CT molecular complexity index is 1140. The van der Waals surface area contributed by atoms with Crippen LogP contribution in [0.25, 0.3) is 17.4 Å². The van der Waals surface area contributed by atoms with Crippen LogP contribution in [0.5, 0.6) is 0 Å². The van der Waals surface area contributed by atoms with Crippen molar-refractivity contribution in [2.24, 2.45) is 4.99 Å². The molecular weight excluding hydrogens is 483 g/mol. The largest absolute Gasteiger partial charge is 0.457 e. The molecule has 0 aliphatic carbocycles. The fourth-order valence-corrected chi connectivity index (χ4v) is 4.25. The minimum Gasteiger partial charge on any atom is -0.457 e. The van der Waals surface area contributed by atoms with Crippen molar-refractivity contribution in [3.05, 3.63) is 79.8 Å². The van der Waals surface area contributed by atoms with Crippen LogP contribution in [-0.2, 0) is 4.79 Å². The first-order valence-corrected chi connectivity index (χ1v) is 10.4. The van der Waals surface area contributed by atoms with E-state index in [0.29, 0.717) is 31.6 Å². The zero-order valence-electron chi connectivity index (χ0n) is 14.1. The summed E-state index contributed by atoms with van der Waals surface area (Å²) in [5.41, 5.74) is 1.48. The Morgan fingerprint density at radius 3 is 2.75 bits per heavy atom. The summed E-state index contributed by atoms with van der Waals surface area (Å²) in [4.78, 5) is 17.2. The van der Waals surface area contributed by atoms with E-state index in [2.05, 4.69) is 26.2 Å². The summed E-state index contributed by atoms with van der Waals surface area (Å²) >= 11 is 16.8. The molecule has 3 aromatic rings. The second-order valence-electron chi connectivity index (χ2n) is 5.79. The molecule has 1 aliphatic heterocycles. The molecule has 0 radical (unpaired) electrons. The molecule has 1 aliphatic rings. The highest BCUT2D eigenvalue weighted by Gasteiger charge is 2.24. The van der Waals surface area contributed by atoms with Crippen molar-refractivity contribution in [3.63, 3.8) is 0 Å². The molecule has 8 heteroatoms. The Kier molecular flexibility index (Phi) is 5.64. The lowest BCUT2D eigenvalue weighted by Crippen LogP contribution is -2.19. The number of amidine groups is 1. The van der Waals surface area contributed by atoms with E-state index in [1.165, 1.54) is 11.8 Å². The third kappa shape index (κ3) is 4.36. The second kappa shape index (κ2) is 8.17. The summed E-state index contributed by atoms with van der Waals surface area (Å²) in [5, 5.41) is 4.33. The Balaban J connectivity index is 1.56. The molecule has 1 saturated heterocycles. The number of halogens is 3. The molecule has 0 bridgehead atoms. The number of furan rings is 1. The van der Waals surface area contributed by atoms with Gasteiger partial charge in [0.05, 0.1) is 15.6 Å². The van der Waals surface area contributed by atoms with Crippen LogP contribution < -0.4 is 5.32 Å². The third-order valence-corrected chi connectivity index (χ3v) is 5.74. The van der Waals surface area contributed by atoms with Crippen molar-refractivity contribution in [1.29, 1.82) is 0 Å². The second-order valence-corrected chi connectivity index (χ2v) is 8.58. The van der Waals surface area contributed by atoms with Gasteiger partial charge in [0.25, 0.3) is 5.91 Å². The van der Waals surface area contributed by atoms with Crippen LogP contribution in [0, 0.1) is 0 Å². The molecule has 140 valence electrons. The topological polar surface area (TPSA) is 54.6 Å². The van der Waals surface area contributed by atoms with E-state index >= 15 is 0 Å². The lowest BCUT2D eigenvalue weighted by atomic mass is 10.2. The SMILES string of the molecule is O=C1NC(=Nc2cccc(Br)c2)S/C1=C/c1ccc(-c2ccc(Cl)cc2Cl)o1. The number of nitrogens with one attached hydrogen (secondary N) is 1. The van der Waals surface area contributed by atoms with Gasteiger partial charge in [-0.15, -0.1) is 0 Å². The summed E-state index contributed by atoms with van der Waals surface area (Å²) < 4.78 is 6.75. The first-order chi connectivity index (χ1) is 13.5. The quantitative estimate of drug-likeness (QED) is 0.403. The molecule has 2 heterocycles. The highest BCUT2D eigenvalue weighted by molar-refractivity contribution is 9.10. The highest BCUT2D eigenvalue weighted by Crippen LogP contribution is 2.33. The average Bonchev–Trinajstić information content (AvgIpc) is 3.22. The number of hydrogen-bond acceptors (Lipinski definition) is 4. The Labute approximate surface area is 183 Å². The normalized spacial score (nSPS) is 16.8. The van der Waals surface area contributed by atoms with Gasteiger partial charge in [-0.3, -0.25) is 4.79 Å². The van der Waals surface area contributed by atoms with Gasteiger partial charge in [0, 0.05) is 21.1 Å². The molecule has 4 nitrogen and oxygen atoms in total. The Hall–Kier alpha value is -1.99. The molecule has 0 atom stereocenters. The first-order valence-electron chi connectivity index (χ1n) is 8.08. The van der Waals surface area contributed by atoms with Gasteiger partial charge in [-0.05, 0) is 60.3 Å². The van der Waals surface area contributed by atoms with Crippen LogP contribution in [0.4, 0.5) is 5.69 Å². The van der Waals surface area contributed by atoms with Crippen molar-refractivity contribution >= 4 is 73.7 Å². The number of aliphatic imine (C=N–C) groups is 1. The van der Waals surface area contributed by atoms with Crippen molar-refractivity contribution in [3.8, 4) is 11.3 Å². The third-order valence-electron chi connectivity index (χ3n) is 3.79. The lowest BCUT2D eigenvalue weighted by Gasteiger charge is -2.00. The molecule has 0 unspecified atom stereocenters. The maximum Gasteiger partial charge on any atom is 0.264 e. The van der Waals surface area contributed by atoms with Gasteiger partial charge < -0.3 is 9.73 Å². The molecule has 0 saturated carbocycles. The van der Waals surface area contributed by atoms with E-state index in [1.54, 1.807) is 36.4 Å². The molecule has 1 fully saturated rings. The number of benzene rings is 2. The zero-order chi connectivity index (χ0) is 19.7. The molecular formula is C20H11BrCl2N2O2S. The zero-order valence-corrected chi connectivity index (χ0v) is 18.0. The first kappa shape index (κ1) is 19.3. The summed E-state index contributed by atoms with van der Waals surface area (Å²) in [7, 11) is 0. The summed E-state index contributed by atoms with van der Waals surface area (Å²) in [6.07, 6.45) is 1.68. The van der Waals surface area contributed by atoms with Crippen LogP contribution in [0.2, 0.25) is 10.0 Å². The fraction of sp³-hybridized carbons (Fsp3) is 0. The van der Waals surface area contributed by atoms with E-state index in [1.807, 2.05) is 24.3 Å².